The first kappa shape index (κ1) is 25.5. The molecule has 0 saturated carbocycles. The van der Waals surface area contributed by atoms with Crippen LogP contribution in [0.1, 0.15) is 20.3 Å². The van der Waals surface area contributed by atoms with Crippen molar-refractivity contribution in [3.05, 3.63) is 0 Å². The second-order valence-corrected chi connectivity index (χ2v) is 5.50. The van der Waals surface area contributed by atoms with Gasteiger partial charge in [0.25, 0.3) is 0 Å². The minimum absolute atomic E-state index is 0.0167. The van der Waals surface area contributed by atoms with Crippen molar-refractivity contribution < 1.29 is 9.53 Å². The molecule has 0 aromatic carbocycles. The highest BCUT2D eigenvalue weighted by molar-refractivity contribution is 5.77. The summed E-state index contributed by atoms with van der Waals surface area (Å²) >= 11 is 0. The van der Waals surface area contributed by atoms with Crippen molar-refractivity contribution in [2.45, 2.75) is 20.3 Å². The number of amides is 1. The van der Waals surface area contributed by atoms with Crippen LogP contribution in [0.15, 0.2) is 0 Å². The molecule has 3 heteroatoms. The molecule has 1 unspecified atom stereocenters. The van der Waals surface area contributed by atoms with E-state index in [9.17, 15) is 4.79 Å². The van der Waals surface area contributed by atoms with Gasteiger partial charge < -0.3 is 10.1 Å². The van der Waals surface area contributed by atoms with Gasteiger partial charge in [-0.15, -0.1) is 12.8 Å². The van der Waals surface area contributed by atoms with E-state index in [1.165, 1.54) is 0 Å². The third-order valence-electron chi connectivity index (χ3n) is 2.84. The fourth-order valence-corrected chi connectivity index (χ4v) is 1.48. The largest absolute Gasteiger partial charge is 0.379 e. The average molecular weight is 389 g/mol. The van der Waals surface area contributed by atoms with E-state index in [0.717, 1.165) is 0 Å². The third kappa shape index (κ3) is 16.9. The first-order valence-electron chi connectivity index (χ1n) is 8.89. The number of rotatable bonds is 7. The van der Waals surface area contributed by atoms with E-state index < -0.39 is 5.92 Å². The van der Waals surface area contributed by atoms with Gasteiger partial charge in [0.1, 0.15) is 5.92 Å². The minimum Gasteiger partial charge on any atom is -0.379 e. The van der Waals surface area contributed by atoms with Gasteiger partial charge in [-0.2, -0.15) is 0 Å². The minimum atomic E-state index is -0.395. The summed E-state index contributed by atoms with van der Waals surface area (Å²) in [6.45, 7) is 4.96. The van der Waals surface area contributed by atoms with E-state index >= 15 is 0 Å². The summed E-state index contributed by atoms with van der Waals surface area (Å²) in [5, 5.41) is 2.82. The molecule has 0 fully saturated rings. The van der Waals surface area contributed by atoms with Crippen LogP contribution in [0.4, 0.5) is 0 Å². The van der Waals surface area contributed by atoms with Crippen LogP contribution in [0.2, 0.25) is 0 Å². The van der Waals surface area contributed by atoms with E-state index in [-0.39, 0.29) is 18.4 Å². The topological polar surface area (TPSA) is 38.3 Å². The second-order valence-electron chi connectivity index (χ2n) is 5.50. The quantitative estimate of drug-likeness (QED) is 0.523. The Balaban J connectivity index is 4.78. The third-order valence-corrected chi connectivity index (χ3v) is 2.84. The van der Waals surface area contributed by atoms with Gasteiger partial charge in [0.2, 0.25) is 5.91 Å². The molecule has 0 aromatic rings. The number of ether oxygens (including phenoxy) is 1. The fourth-order valence-electron chi connectivity index (χ4n) is 1.48. The molecule has 0 aliphatic carbocycles. The molecule has 0 aromatic heterocycles. The summed E-state index contributed by atoms with van der Waals surface area (Å²) < 4.78 is 5.58. The summed E-state index contributed by atoms with van der Waals surface area (Å²) in [5.74, 6) is 39.8. The van der Waals surface area contributed by atoms with Gasteiger partial charge in [-0.05, 0) is 89.3 Å². The molecule has 0 rings (SSSR count). The lowest BCUT2D eigenvalue weighted by Gasteiger charge is -2.08. The van der Waals surface area contributed by atoms with Crippen LogP contribution in [-0.2, 0) is 9.53 Å². The molecule has 0 aliphatic heterocycles. The summed E-state index contributed by atoms with van der Waals surface area (Å²) in [6.07, 6.45) is 10.7. The van der Waals surface area contributed by atoms with Crippen molar-refractivity contribution in [1.29, 1.82) is 0 Å². The molecule has 144 valence electrons. The number of carbonyl (C=O) groups is 1. The van der Waals surface area contributed by atoms with Crippen LogP contribution < -0.4 is 5.32 Å². The molecular weight excluding hydrogens is 370 g/mol. The first-order chi connectivity index (χ1) is 14.6. The van der Waals surface area contributed by atoms with E-state index in [4.69, 9.17) is 17.6 Å². The Hall–Kier alpha value is -4.53. The van der Waals surface area contributed by atoms with E-state index in [0.29, 0.717) is 19.6 Å². The van der Waals surface area contributed by atoms with Gasteiger partial charge in [-0.25, -0.2) is 0 Å². The lowest BCUT2D eigenvalue weighted by Crippen LogP contribution is -2.29. The molecule has 0 aliphatic rings. The SMILES string of the molecule is C#CC#CC#CC#CC#CC(C#CC#CC#CC#C)COCCCNC(=O)C(C)C. The van der Waals surface area contributed by atoms with Gasteiger partial charge in [0.05, 0.1) is 6.61 Å². The zero-order chi connectivity index (χ0) is 22.3. The number of terminal acetylenes is 2. The number of hydrogen-bond donors (Lipinski definition) is 1. The molecule has 0 radical (unpaired) electrons. The van der Waals surface area contributed by atoms with Crippen LogP contribution in [0, 0.1) is 119 Å². The van der Waals surface area contributed by atoms with Gasteiger partial charge in [0.15, 0.2) is 0 Å². The molecule has 0 saturated heterocycles. The number of carbonyl (C=O) groups excluding carboxylic acids is 1. The maximum absolute atomic E-state index is 11.5. The van der Waals surface area contributed by atoms with Gasteiger partial charge in [-0.1, -0.05) is 25.7 Å². The Morgan fingerprint density at radius 2 is 1.27 bits per heavy atom. The van der Waals surface area contributed by atoms with Crippen LogP contribution in [0.25, 0.3) is 0 Å². The molecule has 0 heterocycles. The van der Waals surface area contributed by atoms with Crippen molar-refractivity contribution in [2.24, 2.45) is 11.8 Å². The number of hydrogen-bond acceptors (Lipinski definition) is 2. The summed E-state index contributed by atoms with van der Waals surface area (Å²) in [5.41, 5.74) is 0. The van der Waals surface area contributed by atoms with Crippen molar-refractivity contribution in [2.75, 3.05) is 19.8 Å². The molecular formula is C27H19NO2. The average Bonchev–Trinajstić information content (AvgIpc) is 2.73. The van der Waals surface area contributed by atoms with Crippen molar-refractivity contribution in [1.82, 2.24) is 5.32 Å². The van der Waals surface area contributed by atoms with Crippen LogP contribution >= 0.6 is 0 Å². The lowest BCUT2D eigenvalue weighted by molar-refractivity contribution is -0.124. The highest BCUT2D eigenvalue weighted by Gasteiger charge is 2.05. The molecule has 1 N–H and O–H groups in total. The van der Waals surface area contributed by atoms with E-state index in [1.807, 2.05) is 13.8 Å². The Bertz CT molecular complexity index is 1110. The predicted molar refractivity (Wildman–Crippen MR) is 119 cm³/mol. The number of nitrogens with one attached hydrogen (secondary N) is 1. The van der Waals surface area contributed by atoms with Crippen molar-refractivity contribution >= 4 is 5.91 Å². The zero-order valence-corrected chi connectivity index (χ0v) is 17.0. The van der Waals surface area contributed by atoms with E-state index in [2.05, 4.69) is 100 Å². The van der Waals surface area contributed by atoms with Crippen molar-refractivity contribution in [3.8, 4) is 108 Å². The molecule has 1 amide bonds. The Morgan fingerprint density at radius 3 is 1.73 bits per heavy atom. The Kier molecular flexibility index (Phi) is 16.3. The first-order valence-corrected chi connectivity index (χ1v) is 8.89. The van der Waals surface area contributed by atoms with Gasteiger partial charge >= 0.3 is 0 Å². The highest BCUT2D eigenvalue weighted by Crippen LogP contribution is 1.95. The van der Waals surface area contributed by atoms with Crippen LogP contribution in [-0.4, -0.2) is 25.7 Å². The maximum Gasteiger partial charge on any atom is 0.222 e. The highest BCUT2D eigenvalue weighted by atomic mass is 16.5. The summed E-state index contributed by atoms with van der Waals surface area (Å²) in [4.78, 5) is 11.5. The zero-order valence-electron chi connectivity index (χ0n) is 17.0. The van der Waals surface area contributed by atoms with Crippen LogP contribution in [0.3, 0.4) is 0 Å². The summed E-state index contributed by atoms with van der Waals surface area (Å²) in [6, 6.07) is 0. The maximum atomic E-state index is 11.5. The van der Waals surface area contributed by atoms with Crippen LogP contribution in [0.5, 0.6) is 0 Å². The second kappa shape index (κ2) is 19.2. The standard InChI is InChI=1S/C27H19NO2/c1-5-7-9-11-13-14-16-18-21-26(20-17-15-12-10-8-6-2)24-30-23-19-22-28-27(29)25(3)4/h1-2,25-26H,19,22-24H2,3-4H3,(H,28,29). The summed E-state index contributed by atoms with van der Waals surface area (Å²) in [7, 11) is 0. The van der Waals surface area contributed by atoms with Crippen molar-refractivity contribution in [3.63, 3.8) is 0 Å². The molecule has 0 bridgehead atoms. The monoisotopic (exact) mass is 389 g/mol. The van der Waals surface area contributed by atoms with E-state index in [1.54, 1.807) is 0 Å². The fraction of sp³-hybridized carbons (Fsp3) is 0.296. The normalized spacial score (nSPS) is 8.03. The Morgan fingerprint density at radius 1 is 0.800 bits per heavy atom. The predicted octanol–water partition coefficient (Wildman–Crippen LogP) is 1.07. The molecule has 1 atom stereocenters. The smallest absolute Gasteiger partial charge is 0.222 e. The van der Waals surface area contributed by atoms with Gasteiger partial charge in [-0.3, -0.25) is 4.79 Å². The van der Waals surface area contributed by atoms with Gasteiger partial charge in [0, 0.05) is 19.1 Å². The molecule has 3 nitrogen and oxygen atoms in total. The Labute approximate surface area is 180 Å². The molecule has 0 spiro atoms. The molecule has 30 heavy (non-hydrogen) atoms. The lowest BCUT2D eigenvalue weighted by atomic mass is 10.2.